The predicted molar refractivity (Wildman–Crippen MR) is 88.5 cm³/mol. The minimum atomic E-state index is -0.631. The second kappa shape index (κ2) is 7.34. The van der Waals surface area contributed by atoms with E-state index in [1.54, 1.807) is 6.07 Å². The molecule has 1 amide bonds. The molecule has 0 atom stereocenters. The lowest BCUT2D eigenvalue weighted by molar-refractivity contribution is -0.384. The Morgan fingerprint density at radius 1 is 1.30 bits per heavy atom. The zero-order valence-corrected chi connectivity index (χ0v) is 13.7. The number of nitrogens with zero attached hydrogens (tertiary/aromatic N) is 1. The zero-order valence-electron chi connectivity index (χ0n) is 12.2. The van der Waals surface area contributed by atoms with Gasteiger partial charge in [-0.05, 0) is 37.6 Å². The number of nitro benzene ring substituents is 1. The lowest BCUT2D eigenvalue weighted by atomic mass is 10.2. The third-order valence-electron chi connectivity index (χ3n) is 3.07. The summed E-state index contributed by atoms with van der Waals surface area (Å²) in [6.07, 6.45) is 0.583. The molecule has 0 fully saturated rings. The minimum absolute atomic E-state index is 0.0121. The standard InChI is InChI=1S/C15H13ClN2O4S/c1-9(19)14-5-3-11(23-14)6-7-17-15(20)10-2-4-12(16)13(8-10)18(21)22/h2-5,8H,6-7H2,1H3,(H,17,20). The van der Waals surface area contributed by atoms with Gasteiger partial charge in [0.1, 0.15) is 5.02 Å². The molecule has 0 aliphatic rings. The Hall–Kier alpha value is -2.25. The lowest BCUT2D eigenvalue weighted by Crippen LogP contribution is -2.25. The predicted octanol–water partition coefficient (Wildman–Crippen LogP) is 3.48. The number of amides is 1. The molecule has 6 nitrogen and oxygen atoms in total. The molecule has 0 aliphatic carbocycles. The molecule has 23 heavy (non-hydrogen) atoms. The van der Waals surface area contributed by atoms with E-state index in [4.69, 9.17) is 11.6 Å². The summed E-state index contributed by atoms with van der Waals surface area (Å²) in [5, 5.41) is 13.5. The molecule has 1 N–H and O–H groups in total. The van der Waals surface area contributed by atoms with E-state index in [9.17, 15) is 19.7 Å². The smallest absolute Gasteiger partial charge is 0.288 e. The van der Waals surface area contributed by atoms with E-state index in [0.717, 1.165) is 10.9 Å². The molecule has 2 rings (SSSR count). The van der Waals surface area contributed by atoms with Crippen molar-refractivity contribution in [1.82, 2.24) is 5.32 Å². The van der Waals surface area contributed by atoms with Crippen LogP contribution in [0.4, 0.5) is 5.69 Å². The molecule has 120 valence electrons. The average Bonchev–Trinajstić information content (AvgIpc) is 2.96. The van der Waals surface area contributed by atoms with E-state index >= 15 is 0 Å². The van der Waals surface area contributed by atoms with E-state index in [-0.39, 0.29) is 22.1 Å². The number of nitrogens with one attached hydrogen (secondary N) is 1. The molecule has 1 aromatic heterocycles. The third kappa shape index (κ3) is 4.37. The number of carbonyl (C=O) groups is 2. The molecule has 0 bridgehead atoms. The molecule has 1 heterocycles. The highest BCUT2D eigenvalue weighted by Crippen LogP contribution is 2.25. The van der Waals surface area contributed by atoms with Gasteiger partial charge in [-0.3, -0.25) is 19.7 Å². The van der Waals surface area contributed by atoms with Crippen LogP contribution in [0.2, 0.25) is 5.02 Å². The maximum Gasteiger partial charge on any atom is 0.288 e. The highest BCUT2D eigenvalue weighted by Gasteiger charge is 2.16. The molecule has 0 aliphatic heterocycles. The van der Waals surface area contributed by atoms with Crippen LogP contribution in [0.3, 0.4) is 0 Å². The summed E-state index contributed by atoms with van der Waals surface area (Å²) in [5.41, 5.74) is -0.125. The number of rotatable bonds is 6. The fraction of sp³-hybridized carbons (Fsp3) is 0.200. The molecule has 0 spiro atoms. The highest BCUT2D eigenvalue weighted by atomic mass is 35.5. The van der Waals surface area contributed by atoms with Gasteiger partial charge < -0.3 is 5.32 Å². The van der Waals surface area contributed by atoms with Crippen LogP contribution in [0.15, 0.2) is 30.3 Å². The van der Waals surface area contributed by atoms with E-state index < -0.39 is 10.8 Å². The molecule has 1 aromatic carbocycles. The third-order valence-corrected chi connectivity index (χ3v) is 4.64. The van der Waals surface area contributed by atoms with Crippen LogP contribution in [0, 0.1) is 10.1 Å². The second-order valence-electron chi connectivity index (χ2n) is 4.75. The number of benzene rings is 1. The molecule has 0 radical (unpaired) electrons. The first-order valence-corrected chi connectivity index (χ1v) is 7.89. The first-order chi connectivity index (χ1) is 10.9. The highest BCUT2D eigenvalue weighted by molar-refractivity contribution is 7.14. The van der Waals surface area contributed by atoms with Gasteiger partial charge in [0.05, 0.1) is 9.80 Å². The molecule has 8 heteroatoms. The number of hydrogen-bond acceptors (Lipinski definition) is 5. The zero-order chi connectivity index (χ0) is 17.0. The van der Waals surface area contributed by atoms with Gasteiger partial charge in [-0.2, -0.15) is 0 Å². The van der Waals surface area contributed by atoms with Gasteiger partial charge >= 0.3 is 0 Å². The Bertz CT molecular complexity index is 773. The normalized spacial score (nSPS) is 10.3. The van der Waals surface area contributed by atoms with Crippen LogP contribution in [0.25, 0.3) is 0 Å². The Balaban J connectivity index is 1.95. The maximum atomic E-state index is 12.0. The van der Waals surface area contributed by atoms with E-state index in [1.807, 2.05) is 6.07 Å². The van der Waals surface area contributed by atoms with Crippen molar-refractivity contribution in [2.75, 3.05) is 6.54 Å². The number of hydrogen-bond donors (Lipinski definition) is 1. The summed E-state index contributed by atoms with van der Waals surface area (Å²) in [7, 11) is 0. The fourth-order valence-electron chi connectivity index (χ4n) is 1.90. The Kier molecular flexibility index (Phi) is 5.46. The summed E-state index contributed by atoms with van der Waals surface area (Å²) < 4.78 is 0. The molecule has 0 saturated heterocycles. The first-order valence-electron chi connectivity index (χ1n) is 6.70. The molecular weight excluding hydrogens is 340 g/mol. The number of halogens is 1. The van der Waals surface area contributed by atoms with Crippen molar-refractivity contribution < 1.29 is 14.5 Å². The second-order valence-corrected chi connectivity index (χ2v) is 6.33. The summed E-state index contributed by atoms with van der Waals surface area (Å²) in [6.45, 7) is 1.87. The minimum Gasteiger partial charge on any atom is -0.352 e. The Labute approximate surface area is 141 Å². The van der Waals surface area contributed by atoms with Crippen LogP contribution in [-0.4, -0.2) is 23.2 Å². The summed E-state index contributed by atoms with van der Waals surface area (Å²) in [4.78, 5) is 35.1. The largest absolute Gasteiger partial charge is 0.352 e. The van der Waals surface area contributed by atoms with Crippen molar-refractivity contribution >= 4 is 40.3 Å². The summed E-state index contributed by atoms with van der Waals surface area (Å²) >= 11 is 7.10. The van der Waals surface area contributed by atoms with Crippen LogP contribution in [0.1, 0.15) is 31.8 Å². The monoisotopic (exact) mass is 352 g/mol. The quantitative estimate of drug-likeness (QED) is 0.489. The summed E-state index contributed by atoms with van der Waals surface area (Å²) in [5.74, 6) is -0.396. The fourth-order valence-corrected chi connectivity index (χ4v) is 2.99. The van der Waals surface area contributed by atoms with Crippen molar-refractivity contribution in [1.29, 1.82) is 0 Å². The van der Waals surface area contributed by atoms with Gasteiger partial charge in [-0.25, -0.2) is 0 Å². The molecule has 0 unspecified atom stereocenters. The topological polar surface area (TPSA) is 89.3 Å². The Morgan fingerprint density at radius 2 is 2.04 bits per heavy atom. The van der Waals surface area contributed by atoms with Crippen LogP contribution in [-0.2, 0) is 6.42 Å². The van der Waals surface area contributed by atoms with Gasteiger partial charge in [0.2, 0.25) is 0 Å². The number of Topliss-reactive ketones (excluding diaryl/α,β-unsaturated/α-hetero) is 1. The van der Waals surface area contributed by atoms with E-state index in [0.29, 0.717) is 17.8 Å². The number of thiophene rings is 1. The van der Waals surface area contributed by atoms with E-state index in [1.165, 1.54) is 30.4 Å². The van der Waals surface area contributed by atoms with Gasteiger partial charge in [0, 0.05) is 23.1 Å². The molecular formula is C15H13ClN2O4S. The summed E-state index contributed by atoms with van der Waals surface area (Å²) in [6, 6.07) is 7.51. The van der Waals surface area contributed by atoms with Crippen molar-refractivity contribution in [3.8, 4) is 0 Å². The van der Waals surface area contributed by atoms with Crippen LogP contribution < -0.4 is 5.32 Å². The molecule has 0 saturated carbocycles. The first kappa shape index (κ1) is 17.1. The van der Waals surface area contributed by atoms with Crippen molar-refractivity contribution in [2.24, 2.45) is 0 Å². The van der Waals surface area contributed by atoms with Gasteiger partial charge in [0.15, 0.2) is 5.78 Å². The molecule has 2 aromatic rings. The van der Waals surface area contributed by atoms with E-state index in [2.05, 4.69) is 5.32 Å². The number of nitro groups is 1. The number of ketones is 1. The maximum absolute atomic E-state index is 12.0. The average molecular weight is 353 g/mol. The van der Waals surface area contributed by atoms with Crippen molar-refractivity contribution in [2.45, 2.75) is 13.3 Å². The number of carbonyl (C=O) groups excluding carboxylic acids is 2. The van der Waals surface area contributed by atoms with Gasteiger partial charge in [-0.15, -0.1) is 11.3 Å². The van der Waals surface area contributed by atoms with Crippen molar-refractivity contribution in [3.63, 3.8) is 0 Å². The van der Waals surface area contributed by atoms with Crippen LogP contribution in [0.5, 0.6) is 0 Å². The van der Waals surface area contributed by atoms with Gasteiger partial charge in [0.25, 0.3) is 11.6 Å². The van der Waals surface area contributed by atoms with Gasteiger partial charge in [-0.1, -0.05) is 11.6 Å². The lowest BCUT2D eigenvalue weighted by Gasteiger charge is -2.05. The SMILES string of the molecule is CC(=O)c1ccc(CCNC(=O)c2ccc(Cl)c([N+](=O)[O-])c2)s1. The van der Waals surface area contributed by atoms with Crippen molar-refractivity contribution in [3.05, 3.63) is 60.8 Å². The Morgan fingerprint density at radius 3 is 2.65 bits per heavy atom. The van der Waals surface area contributed by atoms with Crippen LogP contribution >= 0.6 is 22.9 Å².